The average Bonchev–Trinajstić information content (AvgIpc) is 2.50. The third-order valence-corrected chi connectivity index (χ3v) is 2.00. The molecule has 1 aromatic heterocycles. The number of aromatic nitrogens is 2. The van der Waals surface area contributed by atoms with Gasteiger partial charge in [-0.3, -0.25) is 0 Å². The van der Waals surface area contributed by atoms with E-state index in [-0.39, 0.29) is 0 Å². The van der Waals surface area contributed by atoms with Gasteiger partial charge in [0.05, 0.1) is 18.2 Å². The molecule has 3 heteroatoms. The van der Waals surface area contributed by atoms with E-state index >= 15 is 0 Å². The van der Waals surface area contributed by atoms with Crippen molar-refractivity contribution in [2.45, 2.75) is 32.9 Å². The minimum atomic E-state index is -0.607. The molecule has 0 aliphatic carbocycles. The van der Waals surface area contributed by atoms with Crippen LogP contribution in [0, 0.1) is 0 Å². The number of hydrogen-bond donors (Lipinski definition) is 1. The normalized spacial score (nSPS) is 13.3. The average molecular weight is 180 g/mol. The van der Waals surface area contributed by atoms with Crippen LogP contribution in [0.3, 0.4) is 0 Å². The number of aliphatic hydroxyl groups is 1. The zero-order valence-electron chi connectivity index (χ0n) is 8.36. The van der Waals surface area contributed by atoms with E-state index in [4.69, 9.17) is 0 Å². The summed E-state index contributed by atoms with van der Waals surface area (Å²) in [6.07, 6.45) is 2.80. The van der Waals surface area contributed by atoms with Crippen LogP contribution in [0.4, 0.5) is 0 Å². The summed E-state index contributed by atoms with van der Waals surface area (Å²) >= 11 is 0. The second kappa shape index (κ2) is 3.75. The van der Waals surface area contributed by atoms with Gasteiger partial charge >= 0.3 is 0 Å². The van der Waals surface area contributed by atoms with Gasteiger partial charge in [0, 0.05) is 6.04 Å². The highest BCUT2D eigenvalue weighted by atomic mass is 16.3. The van der Waals surface area contributed by atoms with Gasteiger partial charge in [-0.25, -0.2) is 4.98 Å². The highest BCUT2D eigenvalue weighted by Crippen LogP contribution is 2.21. The zero-order valence-corrected chi connectivity index (χ0v) is 8.36. The first-order valence-electron chi connectivity index (χ1n) is 4.39. The molecule has 0 aliphatic heterocycles. The summed E-state index contributed by atoms with van der Waals surface area (Å²) in [6, 6.07) is 0.312. The predicted octanol–water partition coefficient (Wildman–Crippen LogP) is 2.07. The van der Waals surface area contributed by atoms with Crippen LogP contribution >= 0.6 is 0 Å². The second-order valence-electron chi connectivity index (χ2n) is 3.57. The molecular weight excluding hydrogens is 164 g/mol. The minimum Gasteiger partial charge on any atom is -0.382 e. The topological polar surface area (TPSA) is 38.1 Å². The van der Waals surface area contributed by atoms with Crippen LogP contribution in [0.1, 0.15) is 38.6 Å². The Morgan fingerprint density at radius 2 is 2.23 bits per heavy atom. The Bertz CT molecular complexity index is 302. The smallest absolute Gasteiger partial charge is 0.116 e. The van der Waals surface area contributed by atoms with Gasteiger partial charge in [-0.15, -0.1) is 0 Å². The van der Waals surface area contributed by atoms with E-state index in [2.05, 4.69) is 25.4 Å². The minimum absolute atomic E-state index is 0.312. The lowest BCUT2D eigenvalue weighted by atomic mass is 10.1. The fraction of sp³-hybridized carbons (Fsp3) is 0.500. The maximum absolute atomic E-state index is 9.76. The molecule has 0 fully saturated rings. The van der Waals surface area contributed by atoms with E-state index in [0.29, 0.717) is 6.04 Å². The molecule has 1 aromatic rings. The van der Waals surface area contributed by atoms with Crippen LogP contribution in [0.2, 0.25) is 0 Å². The summed E-state index contributed by atoms with van der Waals surface area (Å²) in [5.41, 5.74) is 1.55. The van der Waals surface area contributed by atoms with Gasteiger partial charge in [-0.1, -0.05) is 6.58 Å². The van der Waals surface area contributed by atoms with E-state index < -0.39 is 6.10 Å². The predicted molar refractivity (Wildman–Crippen MR) is 52.4 cm³/mol. The highest BCUT2D eigenvalue weighted by Gasteiger charge is 2.14. The van der Waals surface area contributed by atoms with Gasteiger partial charge in [0.25, 0.3) is 0 Å². The van der Waals surface area contributed by atoms with Crippen molar-refractivity contribution < 1.29 is 5.11 Å². The summed E-state index contributed by atoms with van der Waals surface area (Å²) in [5.74, 6) is 0. The molecular formula is C10H16N2O. The number of rotatable bonds is 3. The molecule has 0 bridgehead atoms. The molecule has 0 saturated carbocycles. The Kier molecular flexibility index (Phi) is 2.88. The third kappa shape index (κ3) is 1.98. The van der Waals surface area contributed by atoms with Crippen molar-refractivity contribution in [2.24, 2.45) is 0 Å². The Labute approximate surface area is 78.7 Å². The van der Waals surface area contributed by atoms with Gasteiger partial charge in [-0.2, -0.15) is 0 Å². The van der Waals surface area contributed by atoms with E-state index in [1.54, 1.807) is 12.5 Å². The Hall–Kier alpha value is -1.09. The molecule has 0 aromatic carbocycles. The maximum Gasteiger partial charge on any atom is 0.116 e. The van der Waals surface area contributed by atoms with Gasteiger partial charge in [0.15, 0.2) is 0 Å². The second-order valence-corrected chi connectivity index (χ2v) is 3.57. The van der Waals surface area contributed by atoms with Gasteiger partial charge in [-0.05, 0) is 26.3 Å². The fourth-order valence-electron chi connectivity index (χ4n) is 1.21. The van der Waals surface area contributed by atoms with Crippen LogP contribution in [-0.2, 0) is 0 Å². The van der Waals surface area contributed by atoms with Crippen LogP contribution in [0.5, 0.6) is 0 Å². The van der Waals surface area contributed by atoms with Gasteiger partial charge in [0.1, 0.15) is 6.10 Å². The quantitative estimate of drug-likeness (QED) is 0.723. The van der Waals surface area contributed by atoms with Crippen molar-refractivity contribution in [3.8, 4) is 0 Å². The van der Waals surface area contributed by atoms with E-state index in [0.717, 1.165) is 11.3 Å². The van der Waals surface area contributed by atoms with Crippen LogP contribution in [0.15, 0.2) is 24.7 Å². The van der Waals surface area contributed by atoms with Crippen molar-refractivity contribution >= 4 is 0 Å². The first kappa shape index (κ1) is 9.99. The lowest BCUT2D eigenvalue weighted by Gasteiger charge is -2.16. The Morgan fingerprint density at radius 3 is 2.69 bits per heavy atom. The molecule has 72 valence electrons. The summed E-state index contributed by atoms with van der Waals surface area (Å²) in [6.45, 7) is 9.63. The zero-order chi connectivity index (χ0) is 10.0. The molecule has 1 unspecified atom stereocenters. The molecule has 1 heterocycles. The molecule has 0 saturated heterocycles. The highest BCUT2D eigenvalue weighted by molar-refractivity contribution is 5.14. The first-order valence-corrected chi connectivity index (χ1v) is 4.39. The molecule has 0 radical (unpaired) electrons. The third-order valence-electron chi connectivity index (χ3n) is 2.00. The first-order chi connectivity index (χ1) is 6.04. The Morgan fingerprint density at radius 1 is 1.62 bits per heavy atom. The van der Waals surface area contributed by atoms with Crippen molar-refractivity contribution in [2.75, 3.05) is 0 Å². The van der Waals surface area contributed by atoms with Crippen LogP contribution in [-0.4, -0.2) is 14.7 Å². The molecule has 1 rings (SSSR count). The van der Waals surface area contributed by atoms with Crippen molar-refractivity contribution in [3.05, 3.63) is 30.4 Å². The standard InChI is InChI=1S/C10H16N2O/c1-7(2)10(13)9-5-11-6-12(9)8(3)4/h5-6,8,10,13H,1H2,2-4H3. The fourth-order valence-corrected chi connectivity index (χ4v) is 1.21. The van der Waals surface area contributed by atoms with Crippen molar-refractivity contribution in [1.29, 1.82) is 0 Å². The molecule has 0 amide bonds. The van der Waals surface area contributed by atoms with Crippen molar-refractivity contribution in [3.63, 3.8) is 0 Å². The van der Waals surface area contributed by atoms with Crippen LogP contribution < -0.4 is 0 Å². The molecule has 13 heavy (non-hydrogen) atoms. The number of hydrogen-bond acceptors (Lipinski definition) is 2. The maximum atomic E-state index is 9.76. The monoisotopic (exact) mass is 180 g/mol. The van der Waals surface area contributed by atoms with E-state index in [9.17, 15) is 5.11 Å². The molecule has 3 nitrogen and oxygen atoms in total. The van der Waals surface area contributed by atoms with E-state index in [1.807, 2.05) is 11.5 Å². The molecule has 1 N–H and O–H groups in total. The largest absolute Gasteiger partial charge is 0.382 e. The summed E-state index contributed by atoms with van der Waals surface area (Å²) in [5, 5.41) is 9.76. The number of nitrogens with zero attached hydrogens (tertiary/aromatic N) is 2. The number of aliphatic hydroxyl groups excluding tert-OH is 1. The SMILES string of the molecule is C=C(C)C(O)c1cncn1C(C)C. The lowest BCUT2D eigenvalue weighted by Crippen LogP contribution is -2.09. The van der Waals surface area contributed by atoms with E-state index in [1.165, 1.54) is 0 Å². The van der Waals surface area contributed by atoms with Gasteiger partial charge in [0.2, 0.25) is 0 Å². The lowest BCUT2D eigenvalue weighted by molar-refractivity contribution is 0.204. The molecule has 1 atom stereocenters. The van der Waals surface area contributed by atoms with Gasteiger partial charge < -0.3 is 9.67 Å². The molecule has 0 spiro atoms. The summed E-state index contributed by atoms with van der Waals surface area (Å²) < 4.78 is 1.94. The molecule has 0 aliphatic rings. The number of imidazole rings is 1. The summed E-state index contributed by atoms with van der Waals surface area (Å²) in [4.78, 5) is 4.01. The Balaban J connectivity index is 3.00. The summed E-state index contributed by atoms with van der Waals surface area (Å²) in [7, 11) is 0. The van der Waals surface area contributed by atoms with Crippen molar-refractivity contribution in [1.82, 2.24) is 9.55 Å². The van der Waals surface area contributed by atoms with Crippen LogP contribution in [0.25, 0.3) is 0 Å².